The van der Waals surface area contributed by atoms with Crippen molar-refractivity contribution < 1.29 is 9.47 Å². The molecule has 2 heterocycles. The molecule has 0 aliphatic carbocycles. The van der Waals surface area contributed by atoms with Crippen molar-refractivity contribution >= 4 is 29.9 Å². The molecule has 1 aromatic heterocycles. The highest BCUT2D eigenvalue weighted by Crippen LogP contribution is 2.32. The largest absolute Gasteiger partial charge is 0.454 e. The van der Waals surface area contributed by atoms with Gasteiger partial charge in [-0.15, -0.1) is 24.0 Å². The summed E-state index contributed by atoms with van der Waals surface area (Å²) in [5.74, 6) is 2.44. The molecule has 0 fully saturated rings. The first-order chi connectivity index (χ1) is 11.3. The molecule has 0 unspecified atom stereocenters. The van der Waals surface area contributed by atoms with E-state index in [1.165, 1.54) is 5.56 Å². The second kappa shape index (κ2) is 9.36. The summed E-state index contributed by atoms with van der Waals surface area (Å²) in [6, 6.07) is 6.04. The van der Waals surface area contributed by atoms with Crippen LogP contribution in [0.5, 0.6) is 11.5 Å². The lowest BCUT2D eigenvalue weighted by Crippen LogP contribution is -2.39. The summed E-state index contributed by atoms with van der Waals surface area (Å²) >= 11 is 0. The minimum Gasteiger partial charge on any atom is -0.454 e. The highest BCUT2D eigenvalue weighted by molar-refractivity contribution is 14.0. The third-order valence-electron chi connectivity index (χ3n) is 3.59. The van der Waals surface area contributed by atoms with E-state index in [1.807, 2.05) is 22.9 Å². The van der Waals surface area contributed by atoms with Crippen molar-refractivity contribution in [3.05, 3.63) is 42.5 Å². The Morgan fingerprint density at radius 1 is 1.25 bits per heavy atom. The molecule has 1 aromatic carbocycles. The van der Waals surface area contributed by atoms with E-state index < -0.39 is 0 Å². The molecule has 0 saturated carbocycles. The van der Waals surface area contributed by atoms with Gasteiger partial charge < -0.3 is 24.7 Å². The summed E-state index contributed by atoms with van der Waals surface area (Å²) in [5, 5.41) is 6.59. The second-order valence-corrected chi connectivity index (χ2v) is 5.16. The molecular formula is C16H22IN5O2. The van der Waals surface area contributed by atoms with Crippen molar-refractivity contribution in [2.75, 3.05) is 26.9 Å². The van der Waals surface area contributed by atoms with Gasteiger partial charge in [-0.3, -0.25) is 4.99 Å². The van der Waals surface area contributed by atoms with Crippen molar-refractivity contribution in [2.45, 2.75) is 13.0 Å². The number of aliphatic imine (C=N–C) groups is 1. The van der Waals surface area contributed by atoms with E-state index >= 15 is 0 Å². The van der Waals surface area contributed by atoms with Crippen molar-refractivity contribution in [3.63, 3.8) is 0 Å². The van der Waals surface area contributed by atoms with Gasteiger partial charge in [-0.05, 0) is 24.1 Å². The maximum Gasteiger partial charge on any atom is 0.231 e. The van der Waals surface area contributed by atoms with E-state index in [2.05, 4.69) is 26.7 Å². The lowest BCUT2D eigenvalue weighted by Gasteiger charge is -2.12. The van der Waals surface area contributed by atoms with Crippen molar-refractivity contribution in [1.82, 2.24) is 20.2 Å². The normalized spacial score (nSPS) is 12.6. The number of guanidine groups is 1. The van der Waals surface area contributed by atoms with Crippen LogP contribution >= 0.6 is 24.0 Å². The molecule has 24 heavy (non-hydrogen) atoms. The Kier molecular flexibility index (Phi) is 7.16. The van der Waals surface area contributed by atoms with Crippen LogP contribution in [-0.2, 0) is 13.0 Å². The number of hydrogen-bond acceptors (Lipinski definition) is 4. The predicted octanol–water partition coefficient (Wildman–Crippen LogP) is 1.64. The van der Waals surface area contributed by atoms with E-state index in [-0.39, 0.29) is 24.0 Å². The van der Waals surface area contributed by atoms with Gasteiger partial charge in [0.05, 0.1) is 6.33 Å². The molecule has 0 amide bonds. The lowest BCUT2D eigenvalue weighted by atomic mass is 10.1. The molecule has 3 rings (SSSR count). The van der Waals surface area contributed by atoms with Gasteiger partial charge in [-0.25, -0.2) is 4.98 Å². The van der Waals surface area contributed by atoms with Gasteiger partial charge in [0, 0.05) is 39.1 Å². The molecule has 8 heteroatoms. The van der Waals surface area contributed by atoms with Gasteiger partial charge in [0.1, 0.15) is 0 Å². The Labute approximate surface area is 158 Å². The molecule has 1 aliphatic heterocycles. The third-order valence-corrected chi connectivity index (χ3v) is 3.59. The first kappa shape index (κ1) is 18.4. The monoisotopic (exact) mass is 443 g/mol. The van der Waals surface area contributed by atoms with E-state index in [1.54, 1.807) is 19.6 Å². The quantitative estimate of drug-likeness (QED) is 0.404. The zero-order valence-electron chi connectivity index (χ0n) is 13.6. The summed E-state index contributed by atoms with van der Waals surface area (Å²) in [7, 11) is 1.77. The Balaban J connectivity index is 0.00000208. The van der Waals surface area contributed by atoms with Crippen LogP contribution in [0.25, 0.3) is 0 Å². The molecule has 2 N–H and O–H groups in total. The molecule has 0 bridgehead atoms. The number of fused-ring (bicyclic) bond motifs is 1. The van der Waals surface area contributed by atoms with E-state index in [0.717, 1.165) is 43.5 Å². The maximum atomic E-state index is 5.39. The summed E-state index contributed by atoms with van der Waals surface area (Å²) in [5.41, 5.74) is 1.20. The zero-order valence-corrected chi connectivity index (χ0v) is 15.9. The molecule has 130 valence electrons. The molecule has 0 atom stereocenters. The van der Waals surface area contributed by atoms with Gasteiger partial charge in [0.2, 0.25) is 6.79 Å². The van der Waals surface area contributed by atoms with Crippen LogP contribution in [0.3, 0.4) is 0 Å². The van der Waals surface area contributed by atoms with Crippen molar-refractivity contribution in [1.29, 1.82) is 0 Å². The average Bonchev–Trinajstić information content (AvgIpc) is 3.24. The first-order valence-electron chi connectivity index (χ1n) is 7.64. The summed E-state index contributed by atoms with van der Waals surface area (Å²) < 4.78 is 12.7. The topological polar surface area (TPSA) is 72.7 Å². The smallest absolute Gasteiger partial charge is 0.231 e. The van der Waals surface area contributed by atoms with E-state index in [4.69, 9.17) is 9.47 Å². The fourth-order valence-corrected chi connectivity index (χ4v) is 2.36. The van der Waals surface area contributed by atoms with Crippen molar-refractivity contribution in [2.24, 2.45) is 4.99 Å². The number of imidazole rings is 1. The number of aromatic nitrogens is 2. The molecule has 0 spiro atoms. The molecule has 2 aromatic rings. The van der Waals surface area contributed by atoms with Crippen LogP contribution in [0, 0.1) is 0 Å². The van der Waals surface area contributed by atoms with E-state index in [0.29, 0.717) is 6.79 Å². The Morgan fingerprint density at radius 2 is 2.08 bits per heavy atom. The number of hydrogen-bond donors (Lipinski definition) is 2. The second-order valence-electron chi connectivity index (χ2n) is 5.16. The summed E-state index contributed by atoms with van der Waals surface area (Å²) in [6.45, 7) is 2.75. The first-order valence-corrected chi connectivity index (χ1v) is 7.64. The van der Waals surface area contributed by atoms with Crippen LogP contribution in [-0.4, -0.2) is 42.4 Å². The van der Waals surface area contributed by atoms with Crippen LogP contribution in [0.1, 0.15) is 5.56 Å². The summed E-state index contributed by atoms with van der Waals surface area (Å²) in [6.07, 6.45) is 6.41. The van der Waals surface area contributed by atoms with E-state index in [9.17, 15) is 0 Å². The summed E-state index contributed by atoms with van der Waals surface area (Å²) in [4.78, 5) is 8.24. The fraction of sp³-hybridized carbons (Fsp3) is 0.375. The Hall–Kier alpha value is -1.97. The minimum absolute atomic E-state index is 0. The molecule has 0 saturated heterocycles. The number of ether oxygens (including phenoxy) is 2. The predicted molar refractivity (Wildman–Crippen MR) is 103 cm³/mol. The minimum atomic E-state index is 0. The van der Waals surface area contributed by atoms with Gasteiger partial charge in [0.25, 0.3) is 0 Å². The molecule has 1 aliphatic rings. The fourth-order valence-electron chi connectivity index (χ4n) is 2.36. The number of nitrogens with zero attached hydrogens (tertiary/aromatic N) is 3. The number of halogens is 1. The zero-order chi connectivity index (χ0) is 15.9. The SMILES string of the molecule is CN=C(NCCc1ccc2c(c1)OCO2)NCCn1ccnc1.I. The molecule has 0 radical (unpaired) electrons. The number of nitrogens with one attached hydrogen (secondary N) is 2. The Bertz CT molecular complexity index is 660. The van der Waals surface area contributed by atoms with Gasteiger partial charge in [0.15, 0.2) is 17.5 Å². The molecular weight excluding hydrogens is 421 g/mol. The number of benzene rings is 1. The van der Waals surface area contributed by atoms with Crippen LogP contribution in [0.2, 0.25) is 0 Å². The number of rotatable bonds is 6. The standard InChI is InChI=1S/C16H21N5O2.HI/c1-17-16(20-7-9-21-8-6-18-11-21)19-5-4-13-2-3-14-15(10-13)23-12-22-14;/h2-3,6,8,10-11H,4-5,7,9,12H2,1H3,(H2,17,19,20);1H. The maximum absolute atomic E-state index is 5.39. The van der Waals surface area contributed by atoms with Crippen LogP contribution in [0.4, 0.5) is 0 Å². The lowest BCUT2D eigenvalue weighted by molar-refractivity contribution is 0.174. The van der Waals surface area contributed by atoms with Gasteiger partial charge in [-0.2, -0.15) is 0 Å². The average molecular weight is 443 g/mol. The Morgan fingerprint density at radius 3 is 2.88 bits per heavy atom. The highest BCUT2D eigenvalue weighted by atomic mass is 127. The third kappa shape index (κ3) is 5.02. The highest BCUT2D eigenvalue weighted by Gasteiger charge is 2.12. The van der Waals surface area contributed by atoms with Crippen LogP contribution < -0.4 is 20.1 Å². The van der Waals surface area contributed by atoms with Gasteiger partial charge >= 0.3 is 0 Å². The van der Waals surface area contributed by atoms with Crippen molar-refractivity contribution in [3.8, 4) is 11.5 Å². The van der Waals surface area contributed by atoms with Gasteiger partial charge in [-0.1, -0.05) is 6.07 Å². The van der Waals surface area contributed by atoms with Crippen LogP contribution in [0.15, 0.2) is 41.9 Å². The molecule has 7 nitrogen and oxygen atoms in total.